The lowest BCUT2D eigenvalue weighted by molar-refractivity contribution is 0.112. The van der Waals surface area contributed by atoms with Gasteiger partial charge < -0.3 is 4.74 Å². The third-order valence-corrected chi connectivity index (χ3v) is 7.75. The average Bonchev–Trinajstić information content (AvgIpc) is 3.53. The molecule has 6 heteroatoms. The summed E-state index contributed by atoms with van der Waals surface area (Å²) in [6.07, 6.45) is 1.90. The van der Waals surface area contributed by atoms with Crippen molar-refractivity contribution in [3.05, 3.63) is 115 Å². The molecule has 0 radical (unpaired) electrons. The zero-order chi connectivity index (χ0) is 29.0. The Morgan fingerprint density at radius 3 is 2.26 bits per heavy atom. The lowest BCUT2D eigenvalue weighted by Crippen LogP contribution is -2.30. The largest absolute Gasteiger partial charge is 0.457 e. The quantitative estimate of drug-likeness (QED) is 0.212. The van der Waals surface area contributed by atoms with Gasteiger partial charge in [0.15, 0.2) is 0 Å². The standard InChI is InChI=1S/C36H34N4O2/c1-24(2)39-32-15-8-9-16-33(32)40(42-39)26-11-10-12-27(22-26)41-28-17-18-30-29-13-6-7-14-31(29)38(34(30)23-28)35-21-25(19-20-37-35)36(3,4)5/h6-24H,1-5H3. The second-order valence-electron chi connectivity index (χ2n) is 12.1. The van der Waals surface area contributed by atoms with Crippen LogP contribution in [0.1, 0.15) is 40.2 Å². The monoisotopic (exact) mass is 554 g/mol. The van der Waals surface area contributed by atoms with E-state index in [2.05, 4.69) is 99.8 Å². The number of anilines is 3. The van der Waals surface area contributed by atoms with Crippen molar-refractivity contribution >= 4 is 38.9 Å². The summed E-state index contributed by atoms with van der Waals surface area (Å²) in [5, 5.41) is 6.13. The summed E-state index contributed by atoms with van der Waals surface area (Å²) < 4.78 is 8.72. The Balaban J connectivity index is 1.28. The molecule has 0 unspecified atom stereocenters. The lowest BCUT2D eigenvalue weighted by Gasteiger charge is -2.23. The van der Waals surface area contributed by atoms with Crippen LogP contribution < -0.4 is 14.9 Å². The van der Waals surface area contributed by atoms with Crippen LogP contribution in [0.5, 0.6) is 11.5 Å². The predicted molar refractivity (Wildman–Crippen MR) is 171 cm³/mol. The molecule has 42 heavy (non-hydrogen) atoms. The fourth-order valence-electron chi connectivity index (χ4n) is 5.63. The Morgan fingerprint density at radius 1 is 0.714 bits per heavy atom. The number of hydrogen-bond donors (Lipinski definition) is 0. The molecular weight excluding hydrogens is 520 g/mol. The number of benzene rings is 4. The van der Waals surface area contributed by atoms with Crippen molar-refractivity contribution in [3.63, 3.8) is 0 Å². The number of hydroxylamine groups is 1. The van der Waals surface area contributed by atoms with Crippen molar-refractivity contribution in [3.8, 4) is 17.3 Å². The minimum Gasteiger partial charge on any atom is -0.457 e. The first-order chi connectivity index (χ1) is 20.3. The van der Waals surface area contributed by atoms with Crippen molar-refractivity contribution in [2.45, 2.75) is 46.1 Å². The Hall–Kier alpha value is -4.81. The summed E-state index contributed by atoms with van der Waals surface area (Å²) in [6.45, 7) is 10.9. The molecule has 210 valence electrons. The number of hydrogen-bond acceptors (Lipinski definition) is 5. The molecule has 0 amide bonds. The second kappa shape index (κ2) is 9.93. The number of nitrogens with zero attached hydrogens (tertiary/aromatic N) is 4. The maximum absolute atomic E-state index is 6.48. The van der Waals surface area contributed by atoms with Crippen LogP contribution in [0, 0.1) is 0 Å². The maximum Gasteiger partial charge on any atom is 0.137 e. The first-order valence-corrected chi connectivity index (χ1v) is 14.4. The lowest BCUT2D eigenvalue weighted by atomic mass is 9.88. The van der Waals surface area contributed by atoms with E-state index in [1.165, 1.54) is 10.9 Å². The Kier molecular flexibility index (Phi) is 6.17. The minimum absolute atomic E-state index is 0.0154. The van der Waals surface area contributed by atoms with Gasteiger partial charge >= 0.3 is 0 Å². The highest BCUT2D eigenvalue weighted by Gasteiger charge is 2.30. The van der Waals surface area contributed by atoms with Gasteiger partial charge in [0, 0.05) is 29.1 Å². The molecule has 1 aliphatic rings. The molecule has 0 N–H and O–H groups in total. The first-order valence-electron chi connectivity index (χ1n) is 14.4. The van der Waals surface area contributed by atoms with Gasteiger partial charge in [0.25, 0.3) is 0 Å². The molecule has 0 fully saturated rings. The number of ether oxygens (including phenoxy) is 1. The van der Waals surface area contributed by atoms with Crippen LogP contribution in [0.15, 0.2) is 109 Å². The molecule has 0 bridgehead atoms. The van der Waals surface area contributed by atoms with Crippen molar-refractivity contribution < 1.29 is 9.68 Å². The molecule has 1 aliphatic heterocycles. The summed E-state index contributed by atoms with van der Waals surface area (Å²) >= 11 is 0. The number of pyridine rings is 1. The summed E-state index contributed by atoms with van der Waals surface area (Å²) in [7, 11) is 0. The second-order valence-corrected chi connectivity index (χ2v) is 12.1. The topological polar surface area (TPSA) is 42.8 Å². The summed E-state index contributed by atoms with van der Waals surface area (Å²) in [6, 6.07) is 35.5. The van der Waals surface area contributed by atoms with Crippen LogP contribution in [0.25, 0.3) is 27.6 Å². The Bertz CT molecular complexity index is 1940. The third-order valence-electron chi connectivity index (χ3n) is 7.75. The van der Waals surface area contributed by atoms with Crippen molar-refractivity contribution in [2.24, 2.45) is 0 Å². The molecule has 2 aromatic heterocycles. The third kappa shape index (κ3) is 4.45. The van der Waals surface area contributed by atoms with Gasteiger partial charge in [-0.1, -0.05) is 57.2 Å². The predicted octanol–water partition coefficient (Wildman–Crippen LogP) is 9.48. The molecule has 6 nitrogen and oxygen atoms in total. The van der Waals surface area contributed by atoms with E-state index in [1.54, 1.807) is 0 Å². The van der Waals surface area contributed by atoms with E-state index in [4.69, 9.17) is 14.7 Å². The minimum atomic E-state index is 0.0154. The van der Waals surface area contributed by atoms with Gasteiger partial charge in [-0.3, -0.25) is 4.57 Å². The molecule has 6 aromatic rings. The van der Waals surface area contributed by atoms with Gasteiger partial charge in [-0.05, 0) is 79.4 Å². The molecule has 0 aliphatic carbocycles. The first kappa shape index (κ1) is 26.1. The number of rotatable bonds is 5. The van der Waals surface area contributed by atoms with Crippen molar-refractivity contribution in [1.82, 2.24) is 9.55 Å². The zero-order valence-electron chi connectivity index (χ0n) is 24.6. The zero-order valence-corrected chi connectivity index (χ0v) is 24.6. The highest BCUT2D eigenvalue weighted by Crippen LogP contribution is 2.43. The molecule has 0 saturated carbocycles. The Morgan fingerprint density at radius 2 is 1.45 bits per heavy atom. The molecule has 4 aromatic carbocycles. The molecule has 3 heterocycles. The summed E-state index contributed by atoms with van der Waals surface area (Å²) in [5.41, 5.74) is 6.35. The van der Waals surface area contributed by atoms with E-state index in [1.807, 2.05) is 58.8 Å². The number of aromatic nitrogens is 2. The SMILES string of the molecule is CC(C)N1ON(c2cccc(Oc3ccc4c5ccccc5n(-c5cc(C(C)(C)C)ccn5)c4c3)c2)c2ccccc21. The van der Waals surface area contributed by atoms with Gasteiger partial charge in [0.2, 0.25) is 0 Å². The summed E-state index contributed by atoms with van der Waals surface area (Å²) in [4.78, 5) is 11.1. The highest BCUT2D eigenvalue weighted by molar-refractivity contribution is 6.09. The molecule has 0 atom stereocenters. The molecule has 7 rings (SSSR count). The van der Waals surface area contributed by atoms with Gasteiger partial charge in [0.1, 0.15) is 17.3 Å². The van der Waals surface area contributed by atoms with Crippen LogP contribution in [0.3, 0.4) is 0 Å². The maximum atomic E-state index is 6.48. The van der Waals surface area contributed by atoms with E-state index < -0.39 is 0 Å². The fourth-order valence-corrected chi connectivity index (χ4v) is 5.63. The van der Waals surface area contributed by atoms with E-state index in [9.17, 15) is 0 Å². The van der Waals surface area contributed by atoms with Gasteiger partial charge in [-0.15, -0.1) is 4.94 Å². The van der Waals surface area contributed by atoms with Gasteiger partial charge in [-0.2, -0.15) is 5.06 Å². The Labute approximate surface area is 246 Å². The normalized spacial score (nSPS) is 13.4. The van der Waals surface area contributed by atoms with E-state index in [0.29, 0.717) is 0 Å². The van der Waals surface area contributed by atoms with Crippen molar-refractivity contribution in [1.29, 1.82) is 0 Å². The van der Waals surface area contributed by atoms with Gasteiger partial charge in [-0.25, -0.2) is 10.0 Å². The van der Waals surface area contributed by atoms with E-state index in [0.717, 1.165) is 50.8 Å². The van der Waals surface area contributed by atoms with Gasteiger partial charge in [0.05, 0.1) is 34.1 Å². The van der Waals surface area contributed by atoms with Crippen LogP contribution in [-0.4, -0.2) is 15.6 Å². The molecule has 0 spiro atoms. The average molecular weight is 555 g/mol. The van der Waals surface area contributed by atoms with Crippen molar-refractivity contribution in [2.75, 3.05) is 10.1 Å². The van der Waals surface area contributed by atoms with E-state index >= 15 is 0 Å². The van der Waals surface area contributed by atoms with Crippen LogP contribution in [0.2, 0.25) is 0 Å². The van der Waals surface area contributed by atoms with E-state index in [-0.39, 0.29) is 11.5 Å². The number of para-hydroxylation sites is 3. The smallest absolute Gasteiger partial charge is 0.137 e. The van der Waals surface area contributed by atoms with Crippen LogP contribution >= 0.6 is 0 Å². The van der Waals surface area contributed by atoms with Crippen LogP contribution in [0.4, 0.5) is 17.1 Å². The summed E-state index contributed by atoms with van der Waals surface area (Å²) in [5.74, 6) is 2.38. The highest BCUT2D eigenvalue weighted by atomic mass is 16.8. The molecule has 0 saturated heterocycles. The fraction of sp³-hybridized carbons (Fsp3) is 0.194. The molecular formula is C36H34N4O2. The number of fused-ring (bicyclic) bond motifs is 4. The van der Waals surface area contributed by atoms with Crippen LogP contribution in [-0.2, 0) is 10.4 Å².